The molecule has 0 unspecified atom stereocenters. The molecule has 0 fully saturated rings. The van der Waals surface area contributed by atoms with E-state index in [1.54, 1.807) is 18.2 Å². The largest absolute Gasteiger partial charge is 0.490 e. The number of rotatable bonds is 9. The van der Waals surface area contributed by atoms with Crippen molar-refractivity contribution in [3.63, 3.8) is 0 Å². The fourth-order valence-corrected chi connectivity index (χ4v) is 2.50. The van der Waals surface area contributed by atoms with Crippen molar-refractivity contribution < 1.29 is 14.3 Å². The second-order valence-corrected chi connectivity index (χ2v) is 5.84. The molecule has 134 valence electrons. The van der Waals surface area contributed by atoms with Gasteiger partial charge < -0.3 is 14.8 Å². The van der Waals surface area contributed by atoms with Crippen LogP contribution in [-0.4, -0.2) is 19.1 Å². The van der Waals surface area contributed by atoms with Crippen LogP contribution in [0.2, 0.25) is 0 Å². The summed E-state index contributed by atoms with van der Waals surface area (Å²) >= 11 is 0. The van der Waals surface area contributed by atoms with Crippen LogP contribution in [0.5, 0.6) is 11.5 Å². The fraction of sp³-hybridized carbons (Fsp3) is 0.381. The van der Waals surface area contributed by atoms with Gasteiger partial charge in [0.25, 0.3) is 5.91 Å². The van der Waals surface area contributed by atoms with Crippen LogP contribution in [0.1, 0.15) is 49.5 Å². The molecule has 0 bridgehead atoms. The molecule has 0 aliphatic carbocycles. The van der Waals surface area contributed by atoms with E-state index in [0.717, 1.165) is 24.9 Å². The van der Waals surface area contributed by atoms with Crippen LogP contribution in [0.15, 0.2) is 42.5 Å². The lowest BCUT2D eigenvalue weighted by Crippen LogP contribution is -2.12. The second-order valence-electron chi connectivity index (χ2n) is 5.84. The molecule has 0 atom stereocenters. The molecular weight excluding hydrogens is 314 g/mol. The summed E-state index contributed by atoms with van der Waals surface area (Å²) in [5.41, 5.74) is 2.61. The van der Waals surface area contributed by atoms with Gasteiger partial charge in [0.1, 0.15) is 0 Å². The number of hydrogen-bond acceptors (Lipinski definition) is 3. The smallest absolute Gasteiger partial charge is 0.255 e. The number of hydrogen-bond donors (Lipinski definition) is 1. The molecule has 0 saturated heterocycles. The van der Waals surface area contributed by atoms with E-state index in [2.05, 4.69) is 12.2 Å². The number of carbonyl (C=O) groups excluding carboxylic acids is 1. The van der Waals surface area contributed by atoms with Crippen LogP contribution in [-0.2, 0) is 6.42 Å². The van der Waals surface area contributed by atoms with Crippen molar-refractivity contribution in [1.82, 2.24) is 0 Å². The third kappa shape index (κ3) is 5.52. The van der Waals surface area contributed by atoms with E-state index >= 15 is 0 Å². The summed E-state index contributed by atoms with van der Waals surface area (Å²) in [7, 11) is 0. The zero-order valence-corrected chi connectivity index (χ0v) is 15.3. The molecule has 2 aromatic carbocycles. The van der Waals surface area contributed by atoms with Crippen molar-refractivity contribution >= 4 is 11.6 Å². The summed E-state index contributed by atoms with van der Waals surface area (Å²) in [6.07, 6.45) is 3.07. The molecule has 1 amide bonds. The Morgan fingerprint density at radius 2 is 1.68 bits per heavy atom. The van der Waals surface area contributed by atoms with E-state index in [0.29, 0.717) is 30.3 Å². The van der Waals surface area contributed by atoms with Gasteiger partial charge in [0, 0.05) is 11.3 Å². The molecule has 2 rings (SSSR count). The van der Waals surface area contributed by atoms with Gasteiger partial charge in [-0.25, -0.2) is 0 Å². The van der Waals surface area contributed by atoms with Crippen LogP contribution in [0, 0.1) is 0 Å². The molecule has 0 aliphatic heterocycles. The average molecular weight is 341 g/mol. The monoisotopic (exact) mass is 341 g/mol. The molecule has 0 aromatic heterocycles. The highest BCUT2D eigenvalue weighted by Crippen LogP contribution is 2.29. The van der Waals surface area contributed by atoms with Crippen molar-refractivity contribution in [3.05, 3.63) is 53.6 Å². The Morgan fingerprint density at radius 3 is 2.32 bits per heavy atom. The first-order valence-electron chi connectivity index (χ1n) is 8.97. The number of carbonyl (C=O) groups is 1. The van der Waals surface area contributed by atoms with Crippen molar-refractivity contribution in [2.24, 2.45) is 0 Å². The molecule has 0 radical (unpaired) electrons. The van der Waals surface area contributed by atoms with Gasteiger partial charge in [-0.15, -0.1) is 0 Å². The van der Waals surface area contributed by atoms with Crippen LogP contribution < -0.4 is 14.8 Å². The highest BCUT2D eigenvalue weighted by atomic mass is 16.5. The Labute approximate surface area is 150 Å². The number of aryl methyl sites for hydroxylation is 1. The normalized spacial score (nSPS) is 10.4. The standard InChI is InChI=1S/C21H27NO3/c1-4-7-16-8-11-18(12-9-16)22-21(23)17-10-13-19(25-14-5-2)20(15-17)24-6-3/h8-13,15H,4-7,14H2,1-3H3,(H,22,23). The zero-order chi connectivity index (χ0) is 18.1. The summed E-state index contributed by atoms with van der Waals surface area (Å²) in [6.45, 7) is 7.25. The minimum absolute atomic E-state index is 0.161. The molecule has 1 N–H and O–H groups in total. The minimum Gasteiger partial charge on any atom is -0.490 e. The molecule has 25 heavy (non-hydrogen) atoms. The fourth-order valence-electron chi connectivity index (χ4n) is 2.50. The first-order valence-corrected chi connectivity index (χ1v) is 8.97. The van der Waals surface area contributed by atoms with E-state index in [9.17, 15) is 4.79 Å². The lowest BCUT2D eigenvalue weighted by atomic mass is 10.1. The molecule has 4 heteroatoms. The second kappa shape index (κ2) is 9.72. The summed E-state index contributed by atoms with van der Waals surface area (Å²) in [6, 6.07) is 13.2. The average Bonchev–Trinajstić information content (AvgIpc) is 2.62. The Hall–Kier alpha value is -2.49. The highest BCUT2D eigenvalue weighted by molar-refractivity contribution is 6.04. The summed E-state index contributed by atoms with van der Waals surface area (Å²) in [5, 5.41) is 2.92. The first kappa shape index (κ1) is 18.8. The van der Waals surface area contributed by atoms with Crippen molar-refractivity contribution in [3.8, 4) is 11.5 Å². The molecule has 0 spiro atoms. The Kier molecular flexibility index (Phi) is 7.33. The summed E-state index contributed by atoms with van der Waals surface area (Å²) in [4.78, 5) is 12.5. The summed E-state index contributed by atoms with van der Waals surface area (Å²) < 4.78 is 11.3. The number of anilines is 1. The maximum absolute atomic E-state index is 12.5. The van der Waals surface area contributed by atoms with E-state index in [-0.39, 0.29) is 5.91 Å². The molecule has 0 aliphatic rings. The van der Waals surface area contributed by atoms with Crippen LogP contribution in [0.3, 0.4) is 0 Å². The van der Waals surface area contributed by atoms with Gasteiger partial charge >= 0.3 is 0 Å². The molecule has 2 aromatic rings. The predicted octanol–water partition coefficient (Wildman–Crippen LogP) is 5.08. The predicted molar refractivity (Wildman–Crippen MR) is 102 cm³/mol. The summed E-state index contributed by atoms with van der Waals surface area (Å²) in [5.74, 6) is 1.11. The van der Waals surface area contributed by atoms with Gasteiger partial charge in [-0.1, -0.05) is 32.4 Å². The van der Waals surface area contributed by atoms with E-state index in [1.165, 1.54) is 5.56 Å². The van der Waals surface area contributed by atoms with Crippen molar-refractivity contribution in [1.29, 1.82) is 0 Å². The quantitative estimate of drug-likeness (QED) is 0.692. The van der Waals surface area contributed by atoms with Gasteiger partial charge in [-0.05, 0) is 55.7 Å². The SMILES string of the molecule is CCCOc1ccc(C(=O)Nc2ccc(CCC)cc2)cc1OCC. The number of nitrogens with one attached hydrogen (secondary N) is 1. The maximum atomic E-state index is 12.5. The molecule has 0 heterocycles. The van der Waals surface area contributed by atoms with Crippen LogP contribution in [0.4, 0.5) is 5.69 Å². The van der Waals surface area contributed by atoms with Gasteiger partial charge in [0.2, 0.25) is 0 Å². The lowest BCUT2D eigenvalue weighted by Gasteiger charge is -2.13. The van der Waals surface area contributed by atoms with E-state index in [4.69, 9.17) is 9.47 Å². The van der Waals surface area contributed by atoms with Gasteiger partial charge in [-0.3, -0.25) is 4.79 Å². The Morgan fingerprint density at radius 1 is 0.920 bits per heavy atom. The third-order valence-electron chi connectivity index (χ3n) is 3.72. The maximum Gasteiger partial charge on any atom is 0.255 e. The van der Waals surface area contributed by atoms with Gasteiger partial charge in [-0.2, -0.15) is 0 Å². The number of amides is 1. The highest BCUT2D eigenvalue weighted by Gasteiger charge is 2.12. The Bertz CT molecular complexity index is 680. The Balaban J connectivity index is 2.10. The lowest BCUT2D eigenvalue weighted by molar-refractivity contribution is 0.102. The minimum atomic E-state index is -0.161. The van der Waals surface area contributed by atoms with E-state index < -0.39 is 0 Å². The van der Waals surface area contributed by atoms with Gasteiger partial charge in [0.15, 0.2) is 11.5 Å². The molecular formula is C21H27NO3. The number of benzene rings is 2. The van der Waals surface area contributed by atoms with Crippen LogP contribution >= 0.6 is 0 Å². The zero-order valence-electron chi connectivity index (χ0n) is 15.3. The first-order chi connectivity index (χ1) is 12.2. The topological polar surface area (TPSA) is 47.6 Å². The van der Waals surface area contributed by atoms with Crippen LogP contribution in [0.25, 0.3) is 0 Å². The third-order valence-corrected chi connectivity index (χ3v) is 3.72. The van der Waals surface area contributed by atoms with Gasteiger partial charge in [0.05, 0.1) is 13.2 Å². The molecule has 0 saturated carbocycles. The molecule has 4 nitrogen and oxygen atoms in total. The van der Waals surface area contributed by atoms with Crippen molar-refractivity contribution in [2.75, 3.05) is 18.5 Å². The van der Waals surface area contributed by atoms with E-state index in [1.807, 2.05) is 38.1 Å². The number of ether oxygens (including phenoxy) is 2. The van der Waals surface area contributed by atoms with Crippen molar-refractivity contribution in [2.45, 2.75) is 40.0 Å².